The normalized spacial score (nSPS) is 11.6. The summed E-state index contributed by atoms with van der Waals surface area (Å²) in [6, 6.07) is 0. The summed E-state index contributed by atoms with van der Waals surface area (Å²) in [5.41, 5.74) is 0. The fourth-order valence-electron chi connectivity index (χ4n) is 1.06. The van der Waals surface area contributed by atoms with Crippen molar-refractivity contribution in [3.05, 3.63) is 0 Å². The maximum atomic E-state index is 9.44. The van der Waals surface area contributed by atoms with E-state index < -0.39 is 0 Å². The third-order valence-corrected chi connectivity index (χ3v) is 1.50. The Balaban J connectivity index is -0.000000150. The molecule has 0 bridgehead atoms. The van der Waals surface area contributed by atoms with Gasteiger partial charge in [0.1, 0.15) is 5.78 Å². The number of carbonyl (C=O) groups excluding carboxylic acids is 3. The Morgan fingerprint density at radius 2 is 0.875 bits per heavy atom. The fraction of sp³-hybridized carbons (Fsp3) is 0.727. The van der Waals surface area contributed by atoms with Gasteiger partial charge in [-0.05, 0) is 13.8 Å². The molecule has 1 aliphatic rings. The second-order valence-electron chi connectivity index (χ2n) is 3.23. The van der Waals surface area contributed by atoms with Gasteiger partial charge in [-0.15, -0.1) is 0 Å². The van der Waals surface area contributed by atoms with Crippen molar-refractivity contribution in [2.75, 3.05) is 0 Å². The fourth-order valence-corrected chi connectivity index (χ4v) is 1.06. The molecule has 0 spiro atoms. The second-order valence-corrected chi connectivity index (χ2v) is 3.23. The summed E-state index contributed by atoms with van der Waals surface area (Å²) in [6.07, 6.45) is 10.5. The van der Waals surface area contributed by atoms with Gasteiger partial charge in [-0.2, -0.15) is 0 Å². The van der Waals surface area contributed by atoms with Crippen molar-refractivity contribution in [3.8, 4) is 0 Å². The first-order valence-corrected chi connectivity index (χ1v) is 5.11. The molecule has 1 aliphatic carbocycles. The lowest BCUT2D eigenvalue weighted by Gasteiger charge is -2.05. The molecule has 1 fully saturated rings. The topological polar surface area (TPSA) is 98.9 Å². The van der Waals surface area contributed by atoms with Gasteiger partial charge in [0.25, 0.3) is 0 Å². The van der Waals surface area contributed by atoms with Crippen molar-refractivity contribution >= 4 is 17.9 Å². The standard InChI is InChI=1S/C6H12.C3H6O.2CHNO/c1-2-4-6-5-3-1;1-3(2)4;2*2-1-3/h1-6H2;1-2H3;2*2H. The molecule has 0 aromatic carbocycles. The molecule has 0 atom stereocenters. The summed E-state index contributed by atoms with van der Waals surface area (Å²) < 4.78 is 0. The van der Waals surface area contributed by atoms with Crippen LogP contribution in [0.3, 0.4) is 0 Å². The largest absolute Gasteiger partial charge is 0.300 e. The molecule has 0 saturated heterocycles. The number of Topliss-reactive ketones (excluding diaryl/α,β-unsaturated/α-hetero) is 1. The van der Waals surface area contributed by atoms with Gasteiger partial charge in [0.05, 0.1) is 0 Å². The zero-order valence-electron chi connectivity index (χ0n) is 9.97. The molecule has 2 N–H and O–H groups in total. The van der Waals surface area contributed by atoms with Crippen LogP contribution in [-0.4, -0.2) is 17.9 Å². The smallest absolute Gasteiger partial charge is 0.231 e. The molecular formula is C11H20N2O3. The van der Waals surface area contributed by atoms with Crippen molar-refractivity contribution in [1.29, 1.82) is 10.8 Å². The van der Waals surface area contributed by atoms with Crippen molar-refractivity contribution in [2.24, 2.45) is 0 Å². The Labute approximate surface area is 96.3 Å². The number of isocyanates is 2. The van der Waals surface area contributed by atoms with Crippen LogP contribution in [0.4, 0.5) is 0 Å². The van der Waals surface area contributed by atoms with Gasteiger partial charge in [-0.3, -0.25) is 0 Å². The maximum absolute atomic E-state index is 9.44. The van der Waals surface area contributed by atoms with Crippen LogP contribution in [0.2, 0.25) is 0 Å². The van der Waals surface area contributed by atoms with E-state index in [0.717, 1.165) is 12.2 Å². The lowest BCUT2D eigenvalue weighted by molar-refractivity contribution is -0.114. The Morgan fingerprint density at radius 3 is 0.938 bits per heavy atom. The van der Waals surface area contributed by atoms with E-state index in [-0.39, 0.29) is 5.78 Å². The molecule has 5 nitrogen and oxygen atoms in total. The lowest BCUT2D eigenvalue weighted by Crippen LogP contribution is -1.85. The Morgan fingerprint density at radius 1 is 0.812 bits per heavy atom. The Bertz CT molecular complexity index is 184. The highest BCUT2D eigenvalue weighted by atomic mass is 16.1. The van der Waals surface area contributed by atoms with Crippen LogP contribution in [0, 0.1) is 10.8 Å². The summed E-state index contributed by atoms with van der Waals surface area (Å²) in [7, 11) is 0. The predicted molar refractivity (Wildman–Crippen MR) is 60.9 cm³/mol. The third-order valence-electron chi connectivity index (χ3n) is 1.50. The van der Waals surface area contributed by atoms with E-state index in [1.807, 2.05) is 0 Å². The van der Waals surface area contributed by atoms with Crippen LogP contribution in [0.25, 0.3) is 0 Å². The average Bonchev–Trinajstić information content (AvgIpc) is 2.22. The number of carbonyl (C=O) groups is 1. The number of nitrogens with one attached hydrogen (secondary N) is 2. The molecular weight excluding hydrogens is 208 g/mol. The lowest BCUT2D eigenvalue weighted by atomic mass is 10.0. The van der Waals surface area contributed by atoms with Crippen LogP contribution >= 0.6 is 0 Å². The molecule has 92 valence electrons. The van der Waals surface area contributed by atoms with E-state index in [1.54, 1.807) is 0 Å². The van der Waals surface area contributed by atoms with Crippen molar-refractivity contribution < 1.29 is 14.4 Å². The SMILES string of the molecule is C1CCCCC1.CC(C)=O.N=C=O.N=C=O. The molecule has 0 radical (unpaired) electrons. The molecule has 0 aliphatic heterocycles. The van der Waals surface area contributed by atoms with E-state index in [2.05, 4.69) is 0 Å². The van der Waals surface area contributed by atoms with E-state index in [1.165, 1.54) is 52.4 Å². The van der Waals surface area contributed by atoms with E-state index >= 15 is 0 Å². The van der Waals surface area contributed by atoms with Gasteiger partial charge in [-0.25, -0.2) is 20.4 Å². The first kappa shape index (κ1) is 19.9. The summed E-state index contributed by atoms with van der Waals surface area (Å²) in [6.45, 7) is 3.06. The minimum Gasteiger partial charge on any atom is -0.300 e. The highest BCUT2D eigenvalue weighted by Crippen LogP contribution is 2.15. The second kappa shape index (κ2) is 23.3. The van der Waals surface area contributed by atoms with E-state index in [0.29, 0.717) is 0 Å². The van der Waals surface area contributed by atoms with Gasteiger partial charge < -0.3 is 4.79 Å². The number of ketones is 1. The van der Waals surface area contributed by atoms with Crippen molar-refractivity contribution in [1.82, 2.24) is 0 Å². The summed E-state index contributed by atoms with van der Waals surface area (Å²) in [5, 5.41) is 10.8. The minimum atomic E-state index is 0.167. The van der Waals surface area contributed by atoms with Gasteiger partial charge in [0.15, 0.2) is 0 Å². The molecule has 5 heteroatoms. The van der Waals surface area contributed by atoms with Crippen LogP contribution in [0.15, 0.2) is 0 Å². The van der Waals surface area contributed by atoms with Gasteiger partial charge in [0, 0.05) is 0 Å². The van der Waals surface area contributed by atoms with Crippen LogP contribution in [-0.2, 0) is 14.4 Å². The quantitative estimate of drug-likeness (QED) is 0.492. The maximum Gasteiger partial charge on any atom is 0.231 e. The van der Waals surface area contributed by atoms with E-state index in [9.17, 15) is 4.79 Å². The molecule has 0 unspecified atom stereocenters. The number of hydrogen-bond donors (Lipinski definition) is 2. The summed E-state index contributed by atoms with van der Waals surface area (Å²) in [5.74, 6) is 0.167. The first-order valence-electron chi connectivity index (χ1n) is 5.11. The zero-order valence-corrected chi connectivity index (χ0v) is 9.97. The molecule has 0 aromatic heterocycles. The van der Waals surface area contributed by atoms with Crippen LogP contribution in [0.5, 0.6) is 0 Å². The first-order chi connectivity index (χ1) is 7.56. The predicted octanol–water partition coefficient (Wildman–Crippen LogP) is 2.74. The van der Waals surface area contributed by atoms with Gasteiger partial charge >= 0.3 is 0 Å². The molecule has 1 saturated carbocycles. The van der Waals surface area contributed by atoms with Crippen LogP contribution < -0.4 is 0 Å². The Hall–Kier alpha value is -1.57. The van der Waals surface area contributed by atoms with Gasteiger partial charge in [-0.1, -0.05) is 38.5 Å². The third kappa shape index (κ3) is 82.7. The van der Waals surface area contributed by atoms with Gasteiger partial charge in [0.2, 0.25) is 12.2 Å². The molecule has 1 rings (SSSR count). The average molecular weight is 228 g/mol. The number of rotatable bonds is 0. The molecule has 0 aromatic rings. The molecule has 16 heavy (non-hydrogen) atoms. The van der Waals surface area contributed by atoms with Crippen LogP contribution in [0.1, 0.15) is 52.4 Å². The molecule has 0 amide bonds. The van der Waals surface area contributed by atoms with Crippen molar-refractivity contribution in [2.45, 2.75) is 52.4 Å². The number of hydrogen-bond acceptors (Lipinski definition) is 5. The Kier molecular flexibility index (Phi) is 29.1. The summed E-state index contributed by atoms with van der Waals surface area (Å²) >= 11 is 0. The highest BCUT2D eigenvalue weighted by Gasteiger charge is 1.95. The van der Waals surface area contributed by atoms with Crippen molar-refractivity contribution in [3.63, 3.8) is 0 Å². The summed E-state index contributed by atoms with van der Waals surface area (Å²) in [4.78, 5) is 26.1. The molecule has 0 heterocycles. The minimum absolute atomic E-state index is 0.167. The monoisotopic (exact) mass is 228 g/mol. The van der Waals surface area contributed by atoms with E-state index in [4.69, 9.17) is 20.4 Å². The highest BCUT2D eigenvalue weighted by molar-refractivity contribution is 5.72. The zero-order chi connectivity index (χ0) is 13.2.